The van der Waals surface area contributed by atoms with Crippen LogP contribution in [0.25, 0.3) is 0 Å². The first kappa shape index (κ1) is 15.2. The normalized spacial score (nSPS) is 12.1. The van der Waals surface area contributed by atoms with Crippen molar-refractivity contribution >= 4 is 5.91 Å². The fourth-order valence-electron chi connectivity index (χ4n) is 2.06. The van der Waals surface area contributed by atoms with Crippen molar-refractivity contribution in [2.75, 3.05) is 0 Å². The molecule has 2 aromatic rings. The molecule has 1 heterocycles. The Hall–Kier alpha value is -2.17. The third-order valence-corrected chi connectivity index (χ3v) is 3.36. The molecule has 5 heteroatoms. The zero-order chi connectivity index (χ0) is 15.2. The van der Waals surface area contributed by atoms with Crippen LogP contribution in [-0.2, 0) is 17.6 Å². The second-order valence-electron chi connectivity index (χ2n) is 5.14. The minimum absolute atomic E-state index is 0.0158. The predicted molar refractivity (Wildman–Crippen MR) is 79.7 cm³/mol. The molecule has 0 aliphatic rings. The summed E-state index contributed by atoms with van der Waals surface area (Å²) in [6.45, 7) is 5.71. The lowest BCUT2D eigenvalue weighted by atomic mass is 10.1. The number of rotatable bonds is 6. The highest BCUT2D eigenvalue weighted by atomic mass is 16.5. The van der Waals surface area contributed by atoms with Crippen LogP contribution in [0.1, 0.15) is 49.2 Å². The maximum Gasteiger partial charge on any atom is 0.248 e. The summed E-state index contributed by atoms with van der Waals surface area (Å²) >= 11 is 0. The third-order valence-electron chi connectivity index (χ3n) is 3.36. The lowest BCUT2D eigenvalue weighted by Gasteiger charge is -2.09. The van der Waals surface area contributed by atoms with E-state index < -0.39 is 0 Å². The highest BCUT2D eigenvalue weighted by molar-refractivity contribution is 5.76. The van der Waals surface area contributed by atoms with Crippen molar-refractivity contribution in [1.82, 2.24) is 15.5 Å². The van der Waals surface area contributed by atoms with Gasteiger partial charge in [-0.3, -0.25) is 4.79 Å². The van der Waals surface area contributed by atoms with Gasteiger partial charge in [0.15, 0.2) is 5.82 Å². The molecule has 1 aromatic heterocycles. The molecule has 0 saturated carbocycles. The van der Waals surface area contributed by atoms with Crippen molar-refractivity contribution in [3.05, 3.63) is 47.1 Å². The summed E-state index contributed by atoms with van der Waals surface area (Å²) in [5.41, 5.74) is 2.48. The van der Waals surface area contributed by atoms with Crippen molar-refractivity contribution in [3.63, 3.8) is 0 Å². The summed E-state index contributed by atoms with van der Waals surface area (Å²) in [6.07, 6.45) is 2.20. The molecule has 0 unspecified atom stereocenters. The van der Waals surface area contributed by atoms with Gasteiger partial charge in [-0.05, 0) is 37.8 Å². The van der Waals surface area contributed by atoms with E-state index in [1.807, 2.05) is 6.92 Å². The fourth-order valence-corrected chi connectivity index (χ4v) is 2.06. The van der Waals surface area contributed by atoms with E-state index in [-0.39, 0.29) is 11.9 Å². The van der Waals surface area contributed by atoms with Crippen molar-refractivity contribution in [3.8, 4) is 0 Å². The van der Waals surface area contributed by atoms with Gasteiger partial charge in [-0.25, -0.2) is 0 Å². The Morgan fingerprint density at radius 3 is 2.52 bits per heavy atom. The van der Waals surface area contributed by atoms with E-state index in [2.05, 4.69) is 46.6 Å². The molecular weight excluding hydrogens is 266 g/mol. The van der Waals surface area contributed by atoms with E-state index in [1.165, 1.54) is 11.1 Å². The predicted octanol–water partition coefficient (Wildman–Crippen LogP) is 2.75. The summed E-state index contributed by atoms with van der Waals surface area (Å²) < 4.78 is 5.04. The summed E-state index contributed by atoms with van der Waals surface area (Å²) in [5, 5.41) is 6.58. The largest absolute Gasteiger partial charge is 0.345 e. The first-order chi connectivity index (χ1) is 10.1. The summed E-state index contributed by atoms with van der Waals surface area (Å²) in [7, 11) is 0. The molecule has 1 amide bonds. The lowest BCUT2D eigenvalue weighted by Crippen LogP contribution is -2.27. The van der Waals surface area contributed by atoms with Crippen molar-refractivity contribution in [2.24, 2.45) is 0 Å². The van der Waals surface area contributed by atoms with Crippen LogP contribution in [0.5, 0.6) is 0 Å². The van der Waals surface area contributed by atoms with Gasteiger partial charge in [0, 0.05) is 6.42 Å². The molecule has 0 saturated heterocycles. The Bertz CT molecular complexity index is 590. The van der Waals surface area contributed by atoms with Crippen LogP contribution in [-0.4, -0.2) is 16.0 Å². The number of hydrogen-bond acceptors (Lipinski definition) is 4. The standard InChI is InChI=1S/C16H21N3O2/c1-4-13-5-7-14(8-6-13)9-10-15(20)17-11(2)16-18-12(3)19-21-16/h5-8,11H,4,9-10H2,1-3H3,(H,17,20)/t11-/m0/s1. The minimum Gasteiger partial charge on any atom is -0.345 e. The molecule has 2 rings (SSSR count). The molecule has 0 aliphatic heterocycles. The van der Waals surface area contributed by atoms with Crippen LogP contribution in [0, 0.1) is 6.92 Å². The Morgan fingerprint density at radius 1 is 1.29 bits per heavy atom. The van der Waals surface area contributed by atoms with Gasteiger partial charge in [-0.15, -0.1) is 0 Å². The quantitative estimate of drug-likeness (QED) is 0.887. The number of benzene rings is 1. The van der Waals surface area contributed by atoms with Gasteiger partial charge in [0.25, 0.3) is 0 Å². The van der Waals surface area contributed by atoms with Crippen LogP contribution in [0.3, 0.4) is 0 Å². The number of carbonyl (C=O) groups excluding carboxylic acids is 1. The number of aryl methyl sites for hydroxylation is 3. The van der Waals surface area contributed by atoms with E-state index in [4.69, 9.17) is 4.52 Å². The molecular formula is C16H21N3O2. The maximum absolute atomic E-state index is 11.9. The Kier molecular flexibility index (Phi) is 5.09. The monoisotopic (exact) mass is 287 g/mol. The average Bonchev–Trinajstić information content (AvgIpc) is 2.92. The van der Waals surface area contributed by atoms with Gasteiger partial charge >= 0.3 is 0 Å². The molecule has 0 aliphatic carbocycles. The van der Waals surface area contributed by atoms with Gasteiger partial charge in [-0.1, -0.05) is 36.3 Å². The van der Waals surface area contributed by atoms with Gasteiger partial charge in [-0.2, -0.15) is 4.98 Å². The van der Waals surface area contributed by atoms with Crippen LogP contribution in [0.4, 0.5) is 0 Å². The Balaban J connectivity index is 1.81. The number of amides is 1. The molecule has 0 bridgehead atoms. The van der Waals surface area contributed by atoms with Crippen LogP contribution in [0.15, 0.2) is 28.8 Å². The third kappa shape index (κ3) is 4.41. The van der Waals surface area contributed by atoms with Crippen molar-refractivity contribution < 1.29 is 9.32 Å². The molecule has 0 radical (unpaired) electrons. The van der Waals surface area contributed by atoms with E-state index in [0.29, 0.717) is 18.1 Å². The highest BCUT2D eigenvalue weighted by Gasteiger charge is 2.15. The zero-order valence-electron chi connectivity index (χ0n) is 12.7. The first-order valence-corrected chi connectivity index (χ1v) is 7.26. The van der Waals surface area contributed by atoms with Gasteiger partial charge in [0.1, 0.15) is 6.04 Å². The highest BCUT2D eigenvalue weighted by Crippen LogP contribution is 2.11. The van der Waals surface area contributed by atoms with E-state index in [9.17, 15) is 4.79 Å². The lowest BCUT2D eigenvalue weighted by molar-refractivity contribution is -0.121. The van der Waals surface area contributed by atoms with Crippen molar-refractivity contribution in [2.45, 2.75) is 46.1 Å². The summed E-state index contributed by atoms with van der Waals surface area (Å²) in [5.74, 6) is 0.994. The second-order valence-corrected chi connectivity index (χ2v) is 5.14. The SMILES string of the molecule is CCc1ccc(CCC(=O)N[C@@H](C)c2nc(C)no2)cc1. The van der Waals surface area contributed by atoms with Gasteiger partial charge in [0.05, 0.1) is 0 Å². The molecule has 1 N–H and O–H groups in total. The molecule has 1 atom stereocenters. The van der Waals surface area contributed by atoms with Crippen LogP contribution < -0.4 is 5.32 Å². The minimum atomic E-state index is -0.263. The van der Waals surface area contributed by atoms with Crippen LogP contribution in [0.2, 0.25) is 0 Å². The first-order valence-electron chi connectivity index (χ1n) is 7.26. The zero-order valence-corrected chi connectivity index (χ0v) is 12.7. The number of hydrogen-bond donors (Lipinski definition) is 1. The molecule has 5 nitrogen and oxygen atoms in total. The summed E-state index contributed by atoms with van der Waals surface area (Å²) in [6, 6.07) is 8.11. The number of nitrogens with one attached hydrogen (secondary N) is 1. The second kappa shape index (κ2) is 7.02. The molecule has 1 aromatic carbocycles. The van der Waals surface area contributed by atoms with E-state index in [1.54, 1.807) is 6.92 Å². The smallest absolute Gasteiger partial charge is 0.248 e. The Labute approximate surface area is 124 Å². The van der Waals surface area contributed by atoms with E-state index >= 15 is 0 Å². The van der Waals surface area contributed by atoms with Gasteiger partial charge in [0.2, 0.25) is 11.8 Å². The molecule has 0 fully saturated rings. The van der Waals surface area contributed by atoms with Crippen molar-refractivity contribution in [1.29, 1.82) is 0 Å². The number of nitrogens with zero attached hydrogens (tertiary/aromatic N) is 2. The van der Waals surface area contributed by atoms with Gasteiger partial charge < -0.3 is 9.84 Å². The average molecular weight is 287 g/mol. The number of carbonyl (C=O) groups is 1. The summed E-state index contributed by atoms with van der Waals surface area (Å²) in [4.78, 5) is 16.0. The molecule has 112 valence electrons. The molecule has 0 spiro atoms. The topological polar surface area (TPSA) is 68.0 Å². The van der Waals surface area contributed by atoms with Crippen LogP contribution >= 0.6 is 0 Å². The molecule has 21 heavy (non-hydrogen) atoms. The van der Waals surface area contributed by atoms with E-state index in [0.717, 1.165) is 12.8 Å². The fraction of sp³-hybridized carbons (Fsp3) is 0.438. The number of aromatic nitrogens is 2. The maximum atomic E-state index is 11.9. The Morgan fingerprint density at radius 2 is 1.95 bits per heavy atom.